The molecule has 0 unspecified atom stereocenters. The van der Waals surface area contributed by atoms with Crippen LogP contribution in [-0.2, 0) is 16.4 Å². The molecule has 0 aliphatic heterocycles. The van der Waals surface area contributed by atoms with Crippen molar-refractivity contribution in [3.05, 3.63) is 60.3 Å². The number of unbranched alkanes of at least 4 members (excludes halogenated alkanes) is 11. The second kappa shape index (κ2) is 18.1. The number of aryl methyl sites for hydroxylation is 1. The highest BCUT2D eigenvalue weighted by molar-refractivity contribution is 7.92. The number of carbonyl (C=O) groups is 1. The standard InChI is InChI=1S/C32H45FN6O4S/c1-4-5-6-7-8-9-10-11-12-13-14-15-17-25-22-29(43-3)28(23-27(25)33)39(32(40)34-2)30-19-18-26(24-37-30)44(41,42)38-31-35-20-16-21-36-31/h16,18-24H,4-15,17H2,1-3H3,(H,34,40)(H,35,36,38). The molecule has 0 radical (unpaired) electrons. The van der Waals surface area contributed by atoms with Gasteiger partial charge in [-0.1, -0.05) is 77.6 Å². The summed E-state index contributed by atoms with van der Waals surface area (Å²) in [5, 5.41) is 2.52. The molecule has 2 N–H and O–H groups in total. The van der Waals surface area contributed by atoms with Gasteiger partial charge in [0.25, 0.3) is 10.0 Å². The molecule has 0 bridgehead atoms. The van der Waals surface area contributed by atoms with Crippen LogP contribution in [0.4, 0.5) is 26.6 Å². The van der Waals surface area contributed by atoms with Gasteiger partial charge in [0.2, 0.25) is 5.95 Å². The van der Waals surface area contributed by atoms with Crippen LogP contribution in [0.5, 0.6) is 5.75 Å². The van der Waals surface area contributed by atoms with Crippen LogP contribution in [0.2, 0.25) is 0 Å². The summed E-state index contributed by atoms with van der Waals surface area (Å²) in [5.74, 6) is -0.174. The summed E-state index contributed by atoms with van der Waals surface area (Å²) in [6.45, 7) is 2.24. The third-order valence-corrected chi connectivity index (χ3v) is 8.67. The lowest BCUT2D eigenvalue weighted by atomic mass is 10.0. The second-order valence-corrected chi connectivity index (χ2v) is 12.4. The Balaban J connectivity index is 1.63. The number of rotatable bonds is 19. The average molecular weight is 629 g/mol. The normalized spacial score (nSPS) is 11.3. The zero-order valence-corrected chi connectivity index (χ0v) is 26.8. The maximum absolute atomic E-state index is 15.3. The molecule has 0 atom stereocenters. The zero-order chi connectivity index (χ0) is 31.8. The molecule has 0 aliphatic rings. The number of amides is 2. The summed E-state index contributed by atoms with van der Waals surface area (Å²) in [6.07, 6.45) is 19.2. The first-order valence-electron chi connectivity index (χ1n) is 15.4. The molecule has 0 saturated heterocycles. The topological polar surface area (TPSA) is 126 Å². The Labute approximate surface area is 260 Å². The summed E-state index contributed by atoms with van der Waals surface area (Å²) >= 11 is 0. The molecule has 2 amide bonds. The number of carbonyl (C=O) groups excluding carboxylic acids is 1. The number of sulfonamides is 1. The highest BCUT2D eigenvalue weighted by Gasteiger charge is 2.25. The SMILES string of the molecule is CCCCCCCCCCCCCCc1cc(OC)c(N(C(=O)NC)c2ccc(S(=O)(=O)Nc3ncccn3)cn2)cc1F. The summed E-state index contributed by atoms with van der Waals surface area (Å²) in [4.78, 5) is 25.8. The van der Waals surface area contributed by atoms with E-state index >= 15 is 4.39 Å². The van der Waals surface area contributed by atoms with Crippen LogP contribution in [0.25, 0.3) is 0 Å². The van der Waals surface area contributed by atoms with E-state index in [9.17, 15) is 13.2 Å². The van der Waals surface area contributed by atoms with Gasteiger partial charge in [0.05, 0.1) is 12.8 Å². The highest BCUT2D eigenvalue weighted by atomic mass is 32.2. The molecular formula is C32H45FN6O4S. The molecular weight excluding hydrogens is 583 g/mol. The smallest absolute Gasteiger partial charge is 0.327 e. The quantitative estimate of drug-likeness (QED) is 0.131. The number of methoxy groups -OCH3 is 1. The van der Waals surface area contributed by atoms with Crippen molar-refractivity contribution in [1.29, 1.82) is 0 Å². The van der Waals surface area contributed by atoms with Crippen molar-refractivity contribution >= 4 is 33.5 Å². The molecule has 0 fully saturated rings. The van der Waals surface area contributed by atoms with Gasteiger partial charge >= 0.3 is 6.03 Å². The molecule has 44 heavy (non-hydrogen) atoms. The number of pyridine rings is 1. The van der Waals surface area contributed by atoms with Crippen LogP contribution in [0.1, 0.15) is 89.5 Å². The van der Waals surface area contributed by atoms with Crippen LogP contribution < -0.4 is 19.7 Å². The molecule has 0 aliphatic carbocycles. The van der Waals surface area contributed by atoms with E-state index in [-0.39, 0.29) is 22.3 Å². The molecule has 3 rings (SSSR count). The summed E-state index contributed by atoms with van der Waals surface area (Å²) in [7, 11) is -1.15. The summed E-state index contributed by atoms with van der Waals surface area (Å²) in [6, 6.07) is 6.47. The maximum Gasteiger partial charge on any atom is 0.327 e. The second-order valence-electron chi connectivity index (χ2n) is 10.7. The molecule has 10 nitrogen and oxygen atoms in total. The lowest BCUT2D eigenvalue weighted by Crippen LogP contribution is -2.35. The minimum Gasteiger partial charge on any atom is -0.495 e. The first kappa shape index (κ1) is 34.7. The third kappa shape index (κ3) is 10.4. The van der Waals surface area contributed by atoms with E-state index in [4.69, 9.17) is 4.74 Å². The van der Waals surface area contributed by atoms with Crippen molar-refractivity contribution in [2.75, 3.05) is 23.8 Å². The van der Waals surface area contributed by atoms with Crippen LogP contribution in [-0.4, -0.2) is 43.6 Å². The molecule has 12 heteroatoms. The van der Waals surface area contributed by atoms with Gasteiger partial charge in [-0.05, 0) is 42.7 Å². The van der Waals surface area contributed by atoms with Crippen molar-refractivity contribution in [3.63, 3.8) is 0 Å². The van der Waals surface area contributed by atoms with Crippen molar-refractivity contribution in [3.8, 4) is 5.75 Å². The van der Waals surface area contributed by atoms with Gasteiger partial charge in [0.15, 0.2) is 0 Å². The number of nitrogens with one attached hydrogen (secondary N) is 2. The zero-order valence-electron chi connectivity index (χ0n) is 26.0. The predicted octanol–water partition coefficient (Wildman–Crippen LogP) is 7.54. The lowest BCUT2D eigenvalue weighted by molar-refractivity contribution is 0.250. The van der Waals surface area contributed by atoms with Gasteiger partial charge in [-0.25, -0.2) is 42.2 Å². The lowest BCUT2D eigenvalue weighted by Gasteiger charge is -2.24. The van der Waals surface area contributed by atoms with Crippen molar-refractivity contribution in [1.82, 2.24) is 20.3 Å². The Bertz CT molecular complexity index is 1410. The third-order valence-electron chi connectivity index (χ3n) is 7.36. The fourth-order valence-corrected chi connectivity index (χ4v) is 5.82. The molecule has 3 aromatic rings. The van der Waals surface area contributed by atoms with E-state index in [0.717, 1.165) is 30.4 Å². The Morgan fingerprint density at radius 2 is 1.52 bits per heavy atom. The molecule has 2 heterocycles. The fraction of sp³-hybridized carbons (Fsp3) is 0.500. The van der Waals surface area contributed by atoms with E-state index in [1.165, 1.54) is 103 Å². The minimum atomic E-state index is -4.04. The number of anilines is 3. The monoisotopic (exact) mass is 628 g/mol. The Hall–Kier alpha value is -3.80. The number of nitrogens with zero attached hydrogens (tertiary/aromatic N) is 4. The number of hydrogen-bond acceptors (Lipinski definition) is 7. The number of aromatic nitrogens is 3. The van der Waals surface area contributed by atoms with Crippen LogP contribution in [0.3, 0.4) is 0 Å². The molecule has 1 aromatic carbocycles. The summed E-state index contributed by atoms with van der Waals surface area (Å²) in [5.41, 5.74) is 0.653. The molecule has 2 aromatic heterocycles. The number of urea groups is 1. The highest BCUT2D eigenvalue weighted by Crippen LogP contribution is 2.36. The fourth-order valence-electron chi connectivity index (χ4n) is 4.91. The number of benzene rings is 1. The van der Waals surface area contributed by atoms with Crippen molar-refractivity contribution < 1.29 is 22.3 Å². The maximum atomic E-state index is 15.3. The molecule has 0 saturated carbocycles. The average Bonchev–Trinajstić information content (AvgIpc) is 3.03. The van der Waals surface area contributed by atoms with Gasteiger partial charge < -0.3 is 10.1 Å². The first-order valence-corrected chi connectivity index (χ1v) is 16.9. The molecule has 240 valence electrons. The Kier molecular flexibility index (Phi) is 14.3. The minimum absolute atomic E-state index is 0.0747. The summed E-state index contributed by atoms with van der Waals surface area (Å²) < 4.78 is 48.7. The number of halogens is 1. The number of hydrogen-bond donors (Lipinski definition) is 2. The van der Waals surface area contributed by atoms with Gasteiger partial charge in [-0.2, -0.15) is 0 Å². The first-order chi connectivity index (χ1) is 21.3. The van der Waals surface area contributed by atoms with E-state index in [2.05, 4.69) is 31.9 Å². The van der Waals surface area contributed by atoms with Gasteiger partial charge in [-0.15, -0.1) is 0 Å². The van der Waals surface area contributed by atoms with Crippen LogP contribution >= 0.6 is 0 Å². The van der Waals surface area contributed by atoms with Crippen LogP contribution in [0.15, 0.2) is 53.8 Å². The largest absolute Gasteiger partial charge is 0.495 e. The van der Waals surface area contributed by atoms with Gasteiger partial charge in [0, 0.05) is 31.7 Å². The van der Waals surface area contributed by atoms with Crippen LogP contribution in [0, 0.1) is 5.82 Å². The van der Waals surface area contributed by atoms with E-state index in [0.29, 0.717) is 17.7 Å². The van der Waals surface area contributed by atoms with Gasteiger partial charge in [0.1, 0.15) is 22.3 Å². The van der Waals surface area contributed by atoms with E-state index in [1.54, 1.807) is 12.1 Å². The molecule has 0 spiro atoms. The predicted molar refractivity (Wildman–Crippen MR) is 171 cm³/mol. The Morgan fingerprint density at radius 1 is 0.909 bits per heavy atom. The Morgan fingerprint density at radius 3 is 2.07 bits per heavy atom. The van der Waals surface area contributed by atoms with Crippen molar-refractivity contribution in [2.45, 2.75) is 95.3 Å². The van der Waals surface area contributed by atoms with Gasteiger partial charge in [-0.3, -0.25) is 0 Å². The van der Waals surface area contributed by atoms with E-state index < -0.39 is 21.9 Å². The van der Waals surface area contributed by atoms with Crippen molar-refractivity contribution in [2.24, 2.45) is 0 Å². The number of ether oxygens (including phenoxy) is 1. The van der Waals surface area contributed by atoms with E-state index in [1.807, 2.05) is 0 Å².